The molecule has 1 rings (SSSR count). The number of hydrogen-bond donors (Lipinski definition) is 2. The van der Waals surface area contributed by atoms with E-state index in [1.165, 1.54) is 0 Å². The fraction of sp³-hybridized carbons (Fsp3) is 0.938. The first kappa shape index (κ1) is 19.2. The van der Waals surface area contributed by atoms with Gasteiger partial charge < -0.3 is 25.4 Å². The molecule has 2 atom stereocenters. The van der Waals surface area contributed by atoms with Crippen molar-refractivity contribution in [3.8, 4) is 0 Å². The minimum atomic E-state index is -0.496. The van der Waals surface area contributed by atoms with Crippen LogP contribution in [-0.4, -0.2) is 73.0 Å². The minimum absolute atomic E-state index is 0.218. The number of rotatable bonds is 5. The molecule has 130 valence electrons. The molecule has 6 nitrogen and oxygen atoms in total. The van der Waals surface area contributed by atoms with Gasteiger partial charge >= 0.3 is 6.09 Å². The molecule has 1 fully saturated rings. The van der Waals surface area contributed by atoms with Crippen LogP contribution >= 0.6 is 0 Å². The average Bonchev–Trinajstić information content (AvgIpc) is 2.35. The number of carbonyl (C=O) groups excluding carboxylic acids is 1. The number of piperidine rings is 1. The molecule has 0 aromatic heterocycles. The van der Waals surface area contributed by atoms with Crippen LogP contribution in [0.3, 0.4) is 0 Å². The largest absolute Gasteiger partial charge is 0.444 e. The summed E-state index contributed by atoms with van der Waals surface area (Å²) in [5.74, 6) is 0. The quantitative estimate of drug-likeness (QED) is 0.799. The van der Waals surface area contributed by atoms with Crippen molar-refractivity contribution in [2.24, 2.45) is 11.1 Å². The van der Waals surface area contributed by atoms with Gasteiger partial charge in [-0.25, -0.2) is 4.79 Å². The molecule has 1 saturated heterocycles. The normalized spacial score (nSPS) is 24.5. The Hall–Kier alpha value is -0.850. The van der Waals surface area contributed by atoms with E-state index in [9.17, 15) is 9.90 Å². The maximum Gasteiger partial charge on any atom is 0.410 e. The van der Waals surface area contributed by atoms with Crippen molar-refractivity contribution in [2.75, 3.05) is 40.3 Å². The lowest BCUT2D eigenvalue weighted by atomic mass is 9.75. The molecular formula is C16H33N3O3. The number of aliphatic hydroxyl groups excluding tert-OH is 1. The summed E-state index contributed by atoms with van der Waals surface area (Å²) < 4.78 is 5.46. The van der Waals surface area contributed by atoms with Crippen molar-refractivity contribution in [3.63, 3.8) is 0 Å². The van der Waals surface area contributed by atoms with E-state index in [4.69, 9.17) is 10.5 Å². The minimum Gasteiger partial charge on any atom is -0.444 e. The van der Waals surface area contributed by atoms with Gasteiger partial charge in [-0.3, -0.25) is 0 Å². The van der Waals surface area contributed by atoms with Gasteiger partial charge in [0.15, 0.2) is 0 Å². The number of likely N-dealkylation sites (N-methyl/N-ethyl adjacent to an activating group) is 1. The molecule has 0 radical (unpaired) electrons. The van der Waals surface area contributed by atoms with Gasteiger partial charge in [-0.15, -0.1) is 0 Å². The second kappa shape index (κ2) is 7.62. The molecule has 0 aliphatic carbocycles. The fourth-order valence-corrected chi connectivity index (χ4v) is 3.09. The zero-order valence-electron chi connectivity index (χ0n) is 14.8. The summed E-state index contributed by atoms with van der Waals surface area (Å²) in [5, 5.41) is 10.2. The highest BCUT2D eigenvalue weighted by Crippen LogP contribution is 2.34. The van der Waals surface area contributed by atoms with Crippen LogP contribution in [0.5, 0.6) is 0 Å². The molecule has 1 amide bonds. The van der Waals surface area contributed by atoms with Crippen LogP contribution in [0.15, 0.2) is 0 Å². The Balaban J connectivity index is 2.70. The second-order valence-electron chi connectivity index (χ2n) is 7.83. The predicted octanol–water partition coefficient (Wildman–Crippen LogP) is 1.28. The van der Waals surface area contributed by atoms with E-state index in [2.05, 4.69) is 0 Å². The molecule has 1 aliphatic heterocycles. The summed E-state index contributed by atoms with van der Waals surface area (Å²) in [6.07, 6.45) is 1.73. The Kier molecular flexibility index (Phi) is 6.65. The van der Waals surface area contributed by atoms with Crippen LogP contribution in [0.4, 0.5) is 4.79 Å². The smallest absolute Gasteiger partial charge is 0.410 e. The van der Waals surface area contributed by atoms with Crippen LogP contribution in [0.25, 0.3) is 0 Å². The Labute approximate surface area is 134 Å². The van der Waals surface area contributed by atoms with E-state index in [1.54, 1.807) is 4.90 Å². The molecule has 1 aliphatic rings. The number of ether oxygens (including phenoxy) is 1. The fourth-order valence-electron chi connectivity index (χ4n) is 3.09. The lowest BCUT2D eigenvalue weighted by Crippen LogP contribution is -2.52. The van der Waals surface area contributed by atoms with Crippen LogP contribution in [0.1, 0.15) is 40.0 Å². The Bertz CT molecular complexity index is 368. The number of carbonyl (C=O) groups is 1. The van der Waals surface area contributed by atoms with Crippen molar-refractivity contribution in [1.82, 2.24) is 9.80 Å². The summed E-state index contributed by atoms with van der Waals surface area (Å²) in [6.45, 7) is 7.93. The number of likely N-dealkylation sites (tertiary alicyclic amines) is 1. The summed E-state index contributed by atoms with van der Waals surface area (Å²) >= 11 is 0. The number of nitrogens with two attached hydrogens (primary N) is 1. The zero-order valence-corrected chi connectivity index (χ0v) is 14.8. The maximum absolute atomic E-state index is 12.3. The van der Waals surface area contributed by atoms with E-state index < -0.39 is 11.7 Å². The average molecular weight is 315 g/mol. The summed E-state index contributed by atoms with van der Waals surface area (Å²) in [7, 11) is 3.87. The third-order valence-corrected chi connectivity index (χ3v) is 3.99. The molecule has 0 spiro atoms. The standard InChI is InChI=1S/C16H33N3O3/c1-15(2,3)22-14(21)19-8-6-7-16(11-17,12-19)9-13(20)10-18(4)5/h13,20H,6-12,17H2,1-5H3/t13-,16+/m1/s1. The highest BCUT2D eigenvalue weighted by molar-refractivity contribution is 5.68. The number of nitrogens with zero attached hydrogens (tertiary/aromatic N) is 2. The van der Waals surface area contributed by atoms with Crippen molar-refractivity contribution in [2.45, 2.75) is 51.7 Å². The molecule has 1 heterocycles. The van der Waals surface area contributed by atoms with Crippen LogP contribution in [0, 0.1) is 5.41 Å². The molecule has 6 heteroatoms. The molecule has 0 saturated carbocycles. The Morgan fingerprint density at radius 1 is 1.45 bits per heavy atom. The first-order valence-electron chi connectivity index (χ1n) is 8.08. The third-order valence-electron chi connectivity index (χ3n) is 3.99. The van der Waals surface area contributed by atoms with E-state index in [-0.39, 0.29) is 11.5 Å². The van der Waals surface area contributed by atoms with E-state index >= 15 is 0 Å². The number of amides is 1. The third kappa shape index (κ3) is 6.10. The lowest BCUT2D eigenvalue weighted by Gasteiger charge is -2.43. The van der Waals surface area contributed by atoms with Gasteiger partial charge in [-0.1, -0.05) is 0 Å². The molecule has 3 N–H and O–H groups in total. The van der Waals surface area contributed by atoms with E-state index in [0.29, 0.717) is 32.6 Å². The van der Waals surface area contributed by atoms with Gasteiger partial charge in [-0.05, 0) is 60.7 Å². The monoisotopic (exact) mass is 315 g/mol. The van der Waals surface area contributed by atoms with Crippen molar-refractivity contribution in [3.05, 3.63) is 0 Å². The van der Waals surface area contributed by atoms with Gasteiger partial charge in [0.25, 0.3) is 0 Å². The number of aliphatic hydroxyl groups is 1. The van der Waals surface area contributed by atoms with Gasteiger partial charge in [0, 0.05) is 25.0 Å². The SMILES string of the molecule is CN(C)C[C@H](O)C[C@]1(CN)CCCN(C(=O)OC(C)(C)C)C1. The van der Waals surface area contributed by atoms with Gasteiger partial charge in [0.2, 0.25) is 0 Å². The topological polar surface area (TPSA) is 79.0 Å². The highest BCUT2D eigenvalue weighted by Gasteiger charge is 2.38. The Morgan fingerprint density at radius 3 is 2.59 bits per heavy atom. The van der Waals surface area contributed by atoms with Gasteiger partial charge in [-0.2, -0.15) is 0 Å². The molecular weight excluding hydrogens is 282 g/mol. The zero-order chi connectivity index (χ0) is 17.0. The molecule has 0 aromatic carbocycles. The maximum atomic E-state index is 12.3. The molecule has 0 unspecified atom stereocenters. The number of hydrogen-bond acceptors (Lipinski definition) is 5. The van der Waals surface area contributed by atoms with Crippen molar-refractivity contribution in [1.29, 1.82) is 0 Å². The summed E-state index contributed by atoms with van der Waals surface area (Å²) in [6, 6.07) is 0. The van der Waals surface area contributed by atoms with E-state index in [0.717, 1.165) is 12.8 Å². The first-order chi connectivity index (χ1) is 10.1. The van der Waals surface area contributed by atoms with Crippen molar-refractivity contribution >= 4 is 6.09 Å². The van der Waals surface area contributed by atoms with Crippen LogP contribution in [-0.2, 0) is 4.74 Å². The van der Waals surface area contributed by atoms with Gasteiger partial charge in [0.1, 0.15) is 5.60 Å². The molecule has 0 bridgehead atoms. The molecule has 0 aromatic rings. The van der Waals surface area contributed by atoms with Crippen LogP contribution < -0.4 is 5.73 Å². The summed E-state index contributed by atoms with van der Waals surface area (Å²) in [4.78, 5) is 16.0. The highest BCUT2D eigenvalue weighted by atomic mass is 16.6. The first-order valence-corrected chi connectivity index (χ1v) is 8.08. The van der Waals surface area contributed by atoms with E-state index in [1.807, 2.05) is 39.8 Å². The second-order valence-corrected chi connectivity index (χ2v) is 7.83. The molecule has 22 heavy (non-hydrogen) atoms. The Morgan fingerprint density at radius 2 is 2.09 bits per heavy atom. The van der Waals surface area contributed by atoms with Crippen molar-refractivity contribution < 1.29 is 14.6 Å². The summed E-state index contributed by atoms with van der Waals surface area (Å²) in [5.41, 5.74) is 5.29. The van der Waals surface area contributed by atoms with Crippen LogP contribution in [0.2, 0.25) is 0 Å². The lowest BCUT2D eigenvalue weighted by molar-refractivity contribution is -0.00792. The van der Waals surface area contributed by atoms with Gasteiger partial charge in [0.05, 0.1) is 6.10 Å². The predicted molar refractivity (Wildman–Crippen MR) is 87.7 cm³/mol.